The van der Waals surface area contributed by atoms with Crippen LogP contribution in [0.2, 0.25) is 0 Å². The molecule has 0 aliphatic carbocycles. The molecule has 1 amide bonds. The van der Waals surface area contributed by atoms with Gasteiger partial charge in [-0.25, -0.2) is 8.42 Å². The number of hydrogen-bond donors (Lipinski definition) is 1. The average Bonchev–Trinajstić information content (AvgIpc) is 2.60. The zero-order chi connectivity index (χ0) is 20.2. The Balaban J connectivity index is 2.01. The summed E-state index contributed by atoms with van der Waals surface area (Å²) in [5.74, 6) is -0.601. The quantitative estimate of drug-likeness (QED) is 0.769. The Kier molecular flexibility index (Phi) is 6.71. The molecule has 1 aliphatic heterocycles. The van der Waals surface area contributed by atoms with Crippen LogP contribution in [-0.4, -0.2) is 68.7 Å². The number of hydrogen-bond acceptors (Lipinski definition) is 5. The van der Waals surface area contributed by atoms with Gasteiger partial charge in [-0.1, -0.05) is 0 Å². The molecular weight excluding hydrogens is 387 g/mol. The number of rotatable bonds is 6. The minimum atomic E-state index is -4.84. The lowest BCUT2D eigenvalue weighted by atomic mass is 10.2. The first-order valence-electron chi connectivity index (χ1n) is 8.42. The van der Waals surface area contributed by atoms with Crippen molar-refractivity contribution in [3.05, 3.63) is 24.3 Å². The standard InChI is InChI=1S/C16H22F3N3O4S/c1-3-20-15(23)12(2)21-8-10-22(11-9-21)27(24,25)14-6-4-13(5-7-14)26-16(17,18)19/h4-7,12H,3,8-11H2,1-2H3,(H,20,23)/t12-/m1/s1. The summed E-state index contributed by atoms with van der Waals surface area (Å²) >= 11 is 0. The van der Waals surface area contributed by atoms with Gasteiger partial charge in [0, 0.05) is 32.7 Å². The highest BCUT2D eigenvalue weighted by atomic mass is 32.2. The minimum Gasteiger partial charge on any atom is -0.406 e. The summed E-state index contributed by atoms with van der Waals surface area (Å²) in [7, 11) is -3.83. The van der Waals surface area contributed by atoms with Crippen LogP contribution in [0.3, 0.4) is 0 Å². The largest absolute Gasteiger partial charge is 0.573 e. The molecule has 1 heterocycles. The second-order valence-corrected chi connectivity index (χ2v) is 7.97. The van der Waals surface area contributed by atoms with Crippen LogP contribution in [0.15, 0.2) is 29.2 Å². The predicted molar refractivity (Wildman–Crippen MR) is 91.6 cm³/mol. The lowest BCUT2D eigenvalue weighted by molar-refractivity contribution is -0.274. The van der Waals surface area contributed by atoms with Gasteiger partial charge in [-0.2, -0.15) is 4.31 Å². The predicted octanol–water partition coefficient (Wildman–Crippen LogP) is 1.42. The van der Waals surface area contributed by atoms with Gasteiger partial charge in [0.05, 0.1) is 10.9 Å². The molecule has 0 spiro atoms. The second kappa shape index (κ2) is 8.44. The number of benzene rings is 1. The molecule has 0 bridgehead atoms. The van der Waals surface area contributed by atoms with Crippen LogP contribution >= 0.6 is 0 Å². The van der Waals surface area contributed by atoms with Crippen LogP contribution in [0, 0.1) is 0 Å². The van der Waals surface area contributed by atoms with Crippen molar-refractivity contribution in [3.63, 3.8) is 0 Å². The number of halogens is 3. The SMILES string of the molecule is CCNC(=O)[C@@H](C)N1CCN(S(=O)(=O)c2ccc(OC(F)(F)F)cc2)CC1. The Labute approximate surface area is 156 Å². The molecule has 1 N–H and O–H groups in total. The van der Waals surface area contributed by atoms with E-state index < -0.39 is 22.1 Å². The fourth-order valence-electron chi connectivity index (χ4n) is 2.78. The Hall–Kier alpha value is -1.85. The fourth-order valence-corrected chi connectivity index (χ4v) is 4.20. The summed E-state index contributed by atoms with van der Waals surface area (Å²) in [5.41, 5.74) is 0. The molecule has 152 valence electrons. The Bertz CT molecular complexity index is 745. The second-order valence-electron chi connectivity index (χ2n) is 6.03. The fraction of sp³-hybridized carbons (Fsp3) is 0.562. The van der Waals surface area contributed by atoms with Crippen molar-refractivity contribution in [1.29, 1.82) is 0 Å². The summed E-state index contributed by atoms with van der Waals surface area (Å²) in [6.07, 6.45) is -4.84. The van der Waals surface area contributed by atoms with Crippen molar-refractivity contribution < 1.29 is 31.1 Å². The number of likely N-dealkylation sites (N-methyl/N-ethyl adjacent to an activating group) is 1. The van der Waals surface area contributed by atoms with E-state index in [1.807, 2.05) is 11.8 Å². The molecule has 1 fully saturated rings. The molecule has 1 atom stereocenters. The Morgan fingerprint density at radius 3 is 2.22 bits per heavy atom. The van der Waals surface area contributed by atoms with Gasteiger partial charge in [0.15, 0.2) is 0 Å². The molecule has 1 aromatic carbocycles. The number of piperazine rings is 1. The smallest absolute Gasteiger partial charge is 0.406 e. The highest BCUT2D eigenvalue weighted by molar-refractivity contribution is 7.89. The molecule has 0 aromatic heterocycles. The molecule has 0 radical (unpaired) electrons. The third-order valence-electron chi connectivity index (χ3n) is 4.25. The van der Waals surface area contributed by atoms with Crippen molar-refractivity contribution in [1.82, 2.24) is 14.5 Å². The highest BCUT2D eigenvalue weighted by Crippen LogP contribution is 2.25. The summed E-state index contributed by atoms with van der Waals surface area (Å²) in [5, 5.41) is 2.73. The monoisotopic (exact) mass is 409 g/mol. The average molecular weight is 409 g/mol. The Morgan fingerprint density at radius 1 is 1.19 bits per heavy atom. The summed E-state index contributed by atoms with van der Waals surface area (Å²) in [6, 6.07) is 3.73. The van der Waals surface area contributed by atoms with Crippen LogP contribution < -0.4 is 10.1 Å². The van der Waals surface area contributed by atoms with Gasteiger partial charge >= 0.3 is 6.36 Å². The van der Waals surface area contributed by atoms with E-state index >= 15 is 0 Å². The van der Waals surface area contributed by atoms with Gasteiger partial charge in [0.1, 0.15) is 5.75 Å². The number of ether oxygens (including phenoxy) is 1. The molecule has 1 saturated heterocycles. The van der Waals surface area contributed by atoms with E-state index in [-0.39, 0.29) is 29.9 Å². The molecule has 7 nitrogen and oxygen atoms in total. The summed E-state index contributed by atoms with van der Waals surface area (Å²) in [6.45, 7) is 5.24. The van der Waals surface area contributed by atoms with Crippen LogP contribution in [0.25, 0.3) is 0 Å². The first-order valence-corrected chi connectivity index (χ1v) is 9.86. The molecule has 27 heavy (non-hydrogen) atoms. The van der Waals surface area contributed by atoms with E-state index in [1.165, 1.54) is 4.31 Å². The first kappa shape index (κ1) is 21.5. The van der Waals surface area contributed by atoms with E-state index in [2.05, 4.69) is 10.1 Å². The number of nitrogens with one attached hydrogen (secondary N) is 1. The third kappa shape index (κ3) is 5.56. The van der Waals surface area contributed by atoms with E-state index in [0.717, 1.165) is 24.3 Å². The number of nitrogens with zero attached hydrogens (tertiary/aromatic N) is 2. The normalized spacial score (nSPS) is 18.1. The molecule has 0 unspecified atom stereocenters. The lowest BCUT2D eigenvalue weighted by Crippen LogP contribution is -2.54. The Morgan fingerprint density at radius 2 is 1.74 bits per heavy atom. The highest BCUT2D eigenvalue weighted by Gasteiger charge is 2.33. The van der Waals surface area contributed by atoms with Gasteiger partial charge in [-0.15, -0.1) is 13.2 Å². The maximum atomic E-state index is 12.7. The van der Waals surface area contributed by atoms with Crippen molar-refractivity contribution >= 4 is 15.9 Å². The van der Waals surface area contributed by atoms with Crippen molar-refractivity contribution in [2.24, 2.45) is 0 Å². The van der Waals surface area contributed by atoms with E-state index in [4.69, 9.17) is 0 Å². The van der Waals surface area contributed by atoms with E-state index in [9.17, 15) is 26.4 Å². The van der Waals surface area contributed by atoms with Crippen molar-refractivity contribution in [2.75, 3.05) is 32.7 Å². The molecule has 2 rings (SSSR count). The van der Waals surface area contributed by atoms with Gasteiger partial charge in [-0.05, 0) is 38.1 Å². The van der Waals surface area contributed by atoms with Crippen molar-refractivity contribution in [3.8, 4) is 5.75 Å². The number of alkyl halides is 3. The molecular formula is C16H22F3N3O4S. The van der Waals surface area contributed by atoms with Crippen molar-refractivity contribution in [2.45, 2.75) is 31.1 Å². The zero-order valence-electron chi connectivity index (χ0n) is 15.0. The molecule has 1 aromatic rings. The topological polar surface area (TPSA) is 79.0 Å². The van der Waals surface area contributed by atoms with Crippen LogP contribution in [-0.2, 0) is 14.8 Å². The van der Waals surface area contributed by atoms with Gasteiger partial charge in [-0.3, -0.25) is 9.69 Å². The maximum absolute atomic E-state index is 12.7. The van der Waals surface area contributed by atoms with Crippen LogP contribution in [0.1, 0.15) is 13.8 Å². The summed E-state index contributed by atoms with van der Waals surface area (Å²) in [4.78, 5) is 13.7. The zero-order valence-corrected chi connectivity index (χ0v) is 15.8. The number of sulfonamides is 1. The maximum Gasteiger partial charge on any atom is 0.573 e. The molecule has 11 heteroatoms. The first-order chi connectivity index (χ1) is 12.5. The number of amides is 1. The number of carbonyl (C=O) groups is 1. The third-order valence-corrected chi connectivity index (χ3v) is 6.16. The molecule has 0 saturated carbocycles. The van der Waals surface area contributed by atoms with Gasteiger partial charge in [0.2, 0.25) is 15.9 Å². The lowest BCUT2D eigenvalue weighted by Gasteiger charge is -2.36. The summed E-state index contributed by atoms with van der Waals surface area (Å²) < 4.78 is 66.9. The van der Waals surface area contributed by atoms with Crippen LogP contribution in [0.4, 0.5) is 13.2 Å². The van der Waals surface area contributed by atoms with Gasteiger partial charge < -0.3 is 10.1 Å². The van der Waals surface area contributed by atoms with E-state index in [1.54, 1.807) is 6.92 Å². The van der Waals surface area contributed by atoms with Crippen LogP contribution in [0.5, 0.6) is 5.75 Å². The number of carbonyl (C=O) groups excluding carboxylic acids is 1. The minimum absolute atomic E-state index is 0.109. The molecule has 1 aliphatic rings. The van der Waals surface area contributed by atoms with E-state index in [0.29, 0.717) is 19.6 Å². The van der Waals surface area contributed by atoms with Gasteiger partial charge in [0.25, 0.3) is 0 Å².